The third kappa shape index (κ3) is 3.85. The van der Waals surface area contributed by atoms with E-state index in [9.17, 15) is 8.42 Å². The SMILES string of the molecule is CS(=O)(=O)CCc1cccc(-c2c(F)cnc3[nH]c4cnc(-c5cccnc5)cc4c23)c1. The molecule has 4 aromatic heterocycles. The normalized spacial score (nSPS) is 11.9. The second kappa shape index (κ2) is 7.80. The van der Waals surface area contributed by atoms with Crippen LogP contribution in [0.2, 0.25) is 0 Å². The summed E-state index contributed by atoms with van der Waals surface area (Å²) in [5.74, 6) is -0.406. The van der Waals surface area contributed by atoms with E-state index in [0.717, 1.165) is 27.7 Å². The summed E-state index contributed by atoms with van der Waals surface area (Å²) >= 11 is 0. The third-order valence-corrected chi connectivity index (χ3v) is 6.34. The van der Waals surface area contributed by atoms with Crippen molar-refractivity contribution < 1.29 is 12.8 Å². The van der Waals surface area contributed by atoms with Crippen LogP contribution >= 0.6 is 0 Å². The minimum atomic E-state index is -3.09. The highest BCUT2D eigenvalue weighted by molar-refractivity contribution is 7.90. The van der Waals surface area contributed by atoms with E-state index >= 15 is 4.39 Å². The fourth-order valence-electron chi connectivity index (χ4n) is 3.87. The summed E-state index contributed by atoms with van der Waals surface area (Å²) in [5, 5.41) is 1.46. The lowest BCUT2D eigenvalue weighted by Gasteiger charge is -2.09. The lowest BCUT2D eigenvalue weighted by Crippen LogP contribution is -2.05. The molecule has 5 rings (SSSR count). The van der Waals surface area contributed by atoms with Crippen molar-refractivity contribution in [1.82, 2.24) is 19.9 Å². The van der Waals surface area contributed by atoms with Gasteiger partial charge in [-0.3, -0.25) is 9.97 Å². The van der Waals surface area contributed by atoms with Crippen molar-refractivity contribution in [3.63, 3.8) is 0 Å². The van der Waals surface area contributed by atoms with Gasteiger partial charge in [0.2, 0.25) is 0 Å². The highest BCUT2D eigenvalue weighted by Crippen LogP contribution is 2.36. The molecular formula is C24H19FN4O2S. The number of aromatic amines is 1. The van der Waals surface area contributed by atoms with Crippen LogP contribution in [0, 0.1) is 5.82 Å². The van der Waals surface area contributed by atoms with E-state index in [1.54, 1.807) is 18.6 Å². The van der Waals surface area contributed by atoms with Gasteiger partial charge in [0.25, 0.3) is 0 Å². The number of nitrogens with zero attached hydrogens (tertiary/aromatic N) is 3. The molecule has 0 aliphatic carbocycles. The predicted molar refractivity (Wildman–Crippen MR) is 123 cm³/mol. The van der Waals surface area contributed by atoms with Gasteiger partial charge in [0, 0.05) is 40.5 Å². The van der Waals surface area contributed by atoms with Crippen LogP contribution in [0.15, 0.2) is 67.3 Å². The van der Waals surface area contributed by atoms with Gasteiger partial charge in [-0.1, -0.05) is 24.3 Å². The van der Waals surface area contributed by atoms with Gasteiger partial charge in [-0.2, -0.15) is 0 Å². The van der Waals surface area contributed by atoms with Gasteiger partial charge in [-0.05, 0) is 35.7 Å². The monoisotopic (exact) mass is 446 g/mol. The maximum absolute atomic E-state index is 15.1. The van der Waals surface area contributed by atoms with Crippen molar-refractivity contribution in [2.45, 2.75) is 6.42 Å². The summed E-state index contributed by atoms with van der Waals surface area (Å²) in [6.07, 6.45) is 7.92. The number of fused-ring (bicyclic) bond motifs is 3. The van der Waals surface area contributed by atoms with Crippen LogP contribution in [0.3, 0.4) is 0 Å². The van der Waals surface area contributed by atoms with Crippen LogP contribution in [0.5, 0.6) is 0 Å². The largest absolute Gasteiger partial charge is 0.338 e. The molecule has 1 N–H and O–H groups in total. The van der Waals surface area contributed by atoms with Crippen molar-refractivity contribution in [3.05, 3.63) is 78.6 Å². The molecule has 4 heterocycles. The number of halogens is 1. The second-order valence-corrected chi connectivity index (χ2v) is 10.0. The van der Waals surface area contributed by atoms with Gasteiger partial charge in [0.15, 0.2) is 0 Å². The molecule has 32 heavy (non-hydrogen) atoms. The molecule has 1 aromatic carbocycles. The Morgan fingerprint density at radius 1 is 1.00 bits per heavy atom. The fourth-order valence-corrected chi connectivity index (χ4v) is 4.48. The van der Waals surface area contributed by atoms with Crippen molar-refractivity contribution in [3.8, 4) is 22.4 Å². The Kier molecular flexibility index (Phi) is 4.94. The fraction of sp³-hybridized carbons (Fsp3) is 0.125. The first kappa shape index (κ1) is 20.3. The van der Waals surface area contributed by atoms with Crippen molar-refractivity contribution in [1.29, 1.82) is 0 Å². The molecule has 0 radical (unpaired) electrons. The number of nitrogens with one attached hydrogen (secondary N) is 1. The average molecular weight is 447 g/mol. The highest BCUT2D eigenvalue weighted by Gasteiger charge is 2.17. The molecule has 0 amide bonds. The van der Waals surface area contributed by atoms with Crippen LogP contribution in [0.1, 0.15) is 5.56 Å². The van der Waals surface area contributed by atoms with Crippen molar-refractivity contribution >= 4 is 31.8 Å². The van der Waals surface area contributed by atoms with Gasteiger partial charge in [0.1, 0.15) is 21.3 Å². The first-order chi connectivity index (χ1) is 15.4. The summed E-state index contributed by atoms with van der Waals surface area (Å²) in [4.78, 5) is 16.1. The highest BCUT2D eigenvalue weighted by atomic mass is 32.2. The van der Waals surface area contributed by atoms with E-state index in [1.807, 2.05) is 42.5 Å². The topological polar surface area (TPSA) is 88.6 Å². The summed E-state index contributed by atoms with van der Waals surface area (Å²) in [6, 6.07) is 13.0. The Morgan fingerprint density at radius 3 is 2.62 bits per heavy atom. The summed E-state index contributed by atoms with van der Waals surface area (Å²) < 4.78 is 38.3. The van der Waals surface area contributed by atoms with Gasteiger partial charge < -0.3 is 4.98 Å². The summed E-state index contributed by atoms with van der Waals surface area (Å²) in [5.41, 5.74) is 4.81. The first-order valence-electron chi connectivity index (χ1n) is 10.0. The number of sulfone groups is 1. The van der Waals surface area contributed by atoms with Crippen molar-refractivity contribution in [2.75, 3.05) is 12.0 Å². The number of pyridine rings is 3. The molecule has 0 atom stereocenters. The predicted octanol–water partition coefficient (Wildman–Crippen LogP) is 4.57. The standard InChI is InChI=1S/C24H19FN4O2S/c1-32(30,31)9-7-15-4-2-5-16(10-15)22-19(25)13-28-24-23(22)18-11-20(27-14-21(18)29-24)17-6-3-8-26-12-17/h2-6,8,10-14H,7,9H2,1H3,(H,28,29). The van der Waals surface area contributed by atoms with Crippen LogP contribution in [0.4, 0.5) is 4.39 Å². The Balaban J connectivity index is 1.70. The molecule has 0 bridgehead atoms. The second-order valence-electron chi connectivity index (χ2n) is 7.77. The molecule has 6 nitrogen and oxygen atoms in total. The lowest BCUT2D eigenvalue weighted by atomic mass is 9.98. The molecular weight excluding hydrogens is 427 g/mol. The quantitative estimate of drug-likeness (QED) is 0.427. The smallest absolute Gasteiger partial charge is 0.150 e. The van der Waals surface area contributed by atoms with Crippen LogP contribution in [0.25, 0.3) is 44.3 Å². The summed E-state index contributed by atoms with van der Waals surface area (Å²) in [7, 11) is -3.09. The number of aromatic nitrogens is 4. The summed E-state index contributed by atoms with van der Waals surface area (Å²) in [6.45, 7) is 0. The van der Waals surface area contributed by atoms with E-state index in [0.29, 0.717) is 28.6 Å². The van der Waals surface area contributed by atoms with Gasteiger partial charge in [0.05, 0.1) is 29.4 Å². The third-order valence-electron chi connectivity index (χ3n) is 5.39. The van der Waals surface area contributed by atoms with E-state index in [4.69, 9.17) is 0 Å². The number of H-pyrrole nitrogens is 1. The van der Waals surface area contributed by atoms with Crippen LogP contribution in [-0.2, 0) is 16.3 Å². The molecule has 0 saturated carbocycles. The van der Waals surface area contributed by atoms with Crippen molar-refractivity contribution in [2.24, 2.45) is 0 Å². The molecule has 160 valence electrons. The molecule has 0 aliphatic rings. The zero-order valence-corrected chi connectivity index (χ0v) is 18.0. The van der Waals surface area contributed by atoms with E-state index in [1.165, 1.54) is 12.5 Å². The maximum Gasteiger partial charge on any atom is 0.150 e. The van der Waals surface area contributed by atoms with Gasteiger partial charge >= 0.3 is 0 Å². The number of hydrogen-bond donors (Lipinski definition) is 1. The van der Waals surface area contributed by atoms with E-state index < -0.39 is 15.7 Å². The number of benzene rings is 1. The minimum Gasteiger partial charge on any atom is -0.338 e. The molecule has 0 fully saturated rings. The molecule has 0 aliphatic heterocycles. The Labute approximate surface area is 184 Å². The zero-order chi connectivity index (χ0) is 22.3. The van der Waals surface area contributed by atoms with E-state index in [2.05, 4.69) is 19.9 Å². The number of rotatable bonds is 5. The van der Waals surface area contributed by atoms with Crippen LogP contribution in [-0.4, -0.2) is 40.4 Å². The van der Waals surface area contributed by atoms with Gasteiger partial charge in [-0.15, -0.1) is 0 Å². The maximum atomic E-state index is 15.1. The molecule has 0 unspecified atom stereocenters. The minimum absolute atomic E-state index is 0.0396. The number of aryl methyl sites for hydroxylation is 1. The number of hydrogen-bond acceptors (Lipinski definition) is 5. The molecule has 0 spiro atoms. The van der Waals surface area contributed by atoms with E-state index in [-0.39, 0.29) is 5.75 Å². The Bertz CT molecular complexity index is 1560. The lowest BCUT2D eigenvalue weighted by molar-refractivity contribution is 0.601. The zero-order valence-electron chi connectivity index (χ0n) is 17.2. The average Bonchev–Trinajstić information content (AvgIpc) is 3.16. The van der Waals surface area contributed by atoms with Gasteiger partial charge in [-0.25, -0.2) is 17.8 Å². The first-order valence-corrected chi connectivity index (χ1v) is 12.1. The van der Waals surface area contributed by atoms with Crippen LogP contribution < -0.4 is 0 Å². The molecule has 5 aromatic rings. The molecule has 0 saturated heterocycles. The Hall–Kier alpha value is -3.65. The Morgan fingerprint density at radius 2 is 1.84 bits per heavy atom. The molecule has 8 heteroatoms.